The Bertz CT molecular complexity index is 811. The highest BCUT2D eigenvalue weighted by atomic mass is 127. The lowest BCUT2D eigenvalue weighted by molar-refractivity contribution is -0.383. The Morgan fingerprint density at radius 3 is 2.95 bits per heavy atom. The maximum absolute atomic E-state index is 11.1. The topological polar surface area (TPSA) is 73.8 Å². The van der Waals surface area contributed by atoms with E-state index in [2.05, 4.69) is 10.1 Å². The van der Waals surface area contributed by atoms with Crippen LogP contribution in [-0.4, -0.2) is 19.7 Å². The molecule has 0 fully saturated rings. The third kappa shape index (κ3) is 2.29. The number of halogens is 1. The van der Waals surface area contributed by atoms with Crippen molar-refractivity contribution in [2.45, 2.75) is 13.5 Å². The number of thiazole rings is 1. The zero-order chi connectivity index (χ0) is 14.3. The molecule has 0 aliphatic rings. The number of aromatic nitrogens is 3. The molecule has 3 rings (SSSR count). The molecule has 0 saturated carbocycles. The molecule has 0 unspecified atom stereocenters. The van der Waals surface area contributed by atoms with Gasteiger partial charge in [0.1, 0.15) is 9.09 Å². The molecule has 0 aliphatic carbocycles. The van der Waals surface area contributed by atoms with Crippen LogP contribution in [0.5, 0.6) is 0 Å². The summed E-state index contributed by atoms with van der Waals surface area (Å²) in [5.41, 5.74) is 0.869. The monoisotopic (exact) mass is 400 g/mol. The quantitative estimate of drug-likeness (QED) is 0.384. The van der Waals surface area contributed by atoms with Gasteiger partial charge in [-0.2, -0.15) is 5.10 Å². The first-order chi connectivity index (χ1) is 9.56. The first kappa shape index (κ1) is 13.4. The number of nitrogens with zero attached hydrogens (tertiary/aromatic N) is 4. The Kier molecular flexibility index (Phi) is 3.42. The van der Waals surface area contributed by atoms with Gasteiger partial charge < -0.3 is 0 Å². The molecule has 2 heterocycles. The van der Waals surface area contributed by atoms with Crippen molar-refractivity contribution in [3.05, 3.63) is 48.1 Å². The van der Waals surface area contributed by atoms with Crippen LogP contribution in [0.1, 0.15) is 9.88 Å². The van der Waals surface area contributed by atoms with E-state index >= 15 is 0 Å². The number of rotatable bonds is 3. The molecule has 0 N–H and O–H groups in total. The van der Waals surface area contributed by atoms with Crippen LogP contribution in [0.2, 0.25) is 0 Å². The lowest BCUT2D eigenvalue weighted by Gasteiger charge is -2.00. The molecule has 6 nitrogen and oxygen atoms in total. The van der Waals surface area contributed by atoms with E-state index in [4.69, 9.17) is 0 Å². The summed E-state index contributed by atoms with van der Waals surface area (Å²) in [6.45, 7) is 2.52. The Morgan fingerprint density at radius 2 is 2.30 bits per heavy atom. The van der Waals surface area contributed by atoms with E-state index in [0.717, 1.165) is 15.4 Å². The van der Waals surface area contributed by atoms with E-state index < -0.39 is 0 Å². The average Bonchev–Trinajstić information content (AvgIpc) is 2.95. The lowest BCUT2D eigenvalue weighted by atomic mass is 10.2. The van der Waals surface area contributed by atoms with E-state index in [1.165, 1.54) is 6.07 Å². The first-order valence-electron chi connectivity index (χ1n) is 5.77. The predicted octanol–water partition coefficient (Wildman–Crippen LogP) is 3.36. The third-order valence-electron chi connectivity index (χ3n) is 2.88. The predicted molar refractivity (Wildman–Crippen MR) is 85.1 cm³/mol. The molecule has 2 aromatic heterocycles. The normalized spacial score (nSPS) is 11.1. The van der Waals surface area contributed by atoms with Crippen molar-refractivity contribution in [3.8, 4) is 0 Å². The molecule has 0 amide bonds. The van der Waals surface area contributed by atoms with Gasteiger partial charge in [-0.3, -0.25) is 14.8 Å². The van der Waals surface area contributed by atoms with Gasteiger partial charge in [-0.15, -0.1) is 11.3 Å². The standard InChI is InChI=1S/C12H9IN4O2S/c1-7-14-5-8(20-7)6-16-9-3-2-4-10(17(18)19)11(9)12(13)15-16/h2-5H,6H2,1H3. The number of fused-ring (bicyclic) bond motifs is 1. The second kappa shape index (κ2) is 5.09. The second-order valence-electron chi connectivity index (χ2n) is 4.22. The number of benzene rings is 1. The van der Waals surface area contributed by atoms with E-state index in [0.29, 0.717) is 15.6 Å². The van der Waals surface area contributed by atoms with Gasteiger partial charge in [0.2, 0.25) is 0 Å². The molecule has 0 aliphatic heterocycles. The van der Waals surface area contributed by atoms with Crippen molar-refractivity contribution < 1.29 is 4.92 Å². The van der Waals surface area contributed by atoms with Crippen LogP contribution < -0.4 is 0 Å². The van der Waals surface area contributed by atoms with Gasteiger partial charge in [0.05, 0.1) is 22.0 Å². The Hall–Kier alpha value is -1.55. The van der Waals surface area contributed by atoms with Crippen molar-refractivity contribution in [2.24, 2.45) is 0 Å². The maximum Gasteiger partial charge on any atom is 0.281 e. The van der Waals surface area contributed by atoms with Gasteiger partial charge in [-0.1, -0.05) is 6.07 Å². The fourth-order valence-electron chi connectivity index (χ4n) is 2.06. The van der Waals surface area contributed by atoms with E-state index in [9.17, 15) is 10.1 Å². The molecule has 0 atom stereocenters. The molecular formula is C12H9IN4O2S. The minimum Gasteiger partial charge on any atom is -0.258 e. The largest absolute Gasteiger partial charge is 0.281 e. The van der Waals surface area contributed by atoms with E-state index in [1.807, 2.05) is 41.8 Å². The fourth-order valence-corrected chi connectivity index (χ4v) is 3.65. The van der Waals surface area contributed by atoms with Crippen LogP contribution in [0.15, 0.2) is 24.4 Å². The Labute approximate surface area is 131 Å². The molecule has 8 heteroatoms. The molecule has 0 radical (unpaired) electrons. The maximum atomic E-state index is 11.1. The van der Waals surface area contributed by atoms with Gasteiger partial charge in [-0.25, -0.2) is 4.98 Å². The van der Waals surface area contributed by atoms with E-state index in [1.54, 1.807) is 22.1 Å². The number of non-ortho nitro benzene ring substituents is 1. The number of hydrogen-bond donors (Lipinski definition) is 0. The van der Waals surface area contributed by atoms with Crippen LogP contribution in [0.4, 0.5) is 5.69 Å². The summed E-state index contributed by atoms with van der Waals surface area (Å²) in [4.78, 5) is 16.0. The summed E-state index contributed by atoms with van der Waals surface area (Å²) in [6.07, 6.45) is 1.82. The van der Waals surface area contributed by atoms with Crippen LogP contribution in [0.3, 0.4) is 0 Å². The summed E-state index contributed by atoms with van der Waals surface area (Å²) in [5, 5.41) is 17.1. The minimum atomic E-state index is -0.368. The molecule has 102 valence electrons. The zero-order valence-electron chi connectivity index (χ0n) is 10.4. The molecule has 3 aromatic rings. The van der Waals surface area contributed by atoms with Crippen LogP contribution in [0, 0.1) is 20.7 Å². The molecule has 0 bridgehead atoms. The SMILES string of the molecule is Cc1ncc(Cn2nc(I)c3c([N+](=O)[O-])cccc32)s1. The Balaban J connectivity index is 2.13. The summed E-state index contributed by atoms with van der Waals surface area (Å²) >= 11 is 3.64. The number of hydrogen-bond acceptors (Lipinski definition) is 5. The average molecular weight is 400 g/mol. The number of nitro benzene ring substituents is 1. The van der Waals surface area contributed by atoms with Gasteiger partial charge in [0, 0.05) is 17.1 Å². The summed E-state index contributed by atoms with van der Waals surface area (Å²) in [6, 6.07) is 5.05. The highest BCUT2D eigenvalue weighted by Crippen LogP contribution is 2.30. The number of aryl methyl sites for hydroxylation is 1. The highest BCUT2D eigenvalue weighted by Gasteiger charge is 2.19. The number of nitro groups is 1. The molecule has 0 spiro atoms. The van der Waals surface area contributed by atoms with Crippen LogP contribution in [0.25, 0.3) is 10.9 Å². The smallest absolute Gasteiger partial charge is 0.258 e. The molecule has 0 saturated heterocycles. The summed E-state index contributed by atoms with van der Waals surface area (Å²) in [5.74, 6) is 0. The van der Waals surface area contributed by atoms with Crippen molar-refractivity contribution in [3.63, 3.8) is 0 Å². The van der Waals surface area contributed by atoms with Crippen LogP contribution in [-0.2, 0) is 6.54 Å². The van der Waals surface area contributed by atoms with Crippen molar-refractivity contribution in [1.82, 2.24) is 14.8 Å². The third-order valence-corrected chi connectivity index (χ3v) is 4.54. The molecular weight excluding hydrogens is 391 g/mol. The Morgan fingerprint density at radius 1 is 1.50 bits per heavy atom. The van der Waals surface area contributed by atoms with Gasteiger partial charge in [0.25, 0.3) is 5.69 Å². The second-order valence-corrected chi connectivity index (χ2v) is 6.56. The minimum absolute atomic E-state index is 0.0960. The lowest BCUT2D eigenvalue weighted by Crippen LogP contribution is -2.00. The van der Waals surface area contributed by atoms with E-state index in [-0.39, 0.29) is 10.6 Å². The first-order valence-corrected chi connectivity index (χ1v) is 7.66. The van der Waals surface area contributed by atoms with Crippen molar-refractivity contribution >= 4 is 50.5 Å². The van der Waals surface area contributed by atoms with Crippen molar-refractivity contribution in [1.29, 1.82) is 0 Å². The zero-order valence-corrected chi connectivity index (χ0v) is 13.4. The highest BCUT2D eigenvalue weighted by molar-refractivity contribution is 14.1. The molecule has 20 heavy (non-hydrogen) atoms. The van der Waals surface area contributed by atoms with Gasteiger partial charge in [-0.05, 0) is 35.6 Å². The summed E-state index contributed by atoms with van der Waals surface area (Å²) < 4.78 is 2.43. The van der Waals surface area contributed by atoms with Crippen LogP contribution >= 0.6 is 33.9 Å². The molecule has 1 aromatic carbocycles. The van der Waals surface area contributed by atoms with Gasteiger partial charge in [0.15, 0.2) is 0 Å². The summed E-state index contributed by atoms with van der Waals surface area (Å²) in [7, 11) is 0. The fraction of sp³-hybridized carbons (Fsp3) is 0.167. The van der Waals surface area contributed by atoms with Gasteiger partial charge >= 0.3 is 0 Å². The van der Waals surface area contributed by atoms with Crippen molar-refractivity contribution in [2.75, 3.05) is 0 Å².